The molecule has 1 aliphatic heterocycles. The van der Waals surface area contributed by atoms with Crippen LogP contribution in [0.3, 0.4) is 0 Å². The maximum atomic E-state index is 9.57. The first-order chi connectivity index (χ1) is 6.63. The van der Waals surface area contributed by atoms with Crippen LogP contribution in [0.4, 0.5) is 0 Å². The topological polar surface area (TPSA) is 26.7 Å². The van der Waals surface area contributed by atoms with Gasteiger partial charge in [0.1, 0.15) is 0 Å². The van der Waals surface area contributed by atoms with Gasteiger partial charge in [-0.25, -0.2) is 0 Å². The Bertz CT molecular complexity index is 210. The number of hydrogen-bond donors (Lipinski definition) is 1. The van der Waals surface area contributed by atoms with Crippen LogP contribution in [0.1, 0.15) is 12.8 Å². The minimum atomic E-state index is -0.169. The van der Waals surface area contributed by atoms with Gasteiger partial charge < -0.3 is 10.0 Å². The average molecular weight is 196 g/mol. The van der Waals surface area contributed by atoms with Gasteiger partial charge in [-0.15, -0.1) is 12.3 Å². The number of hydrogen-bond acceptors (Lipinski definition) is 3. The number of nitrogens with zero attached hydrogens (tertiary/aromatic N) is 2. The molecule has 2 unspecified atom stereocenters. The van der Waals surface area contributed by atoms with Crippen molar-refractivity contribution >= 4 is 0 Å². The van der Waals surface area contributed by atoms with E-state index in [1.807, 2.05) is 0 Å². The lowest BCUT2D eigenvalue weighted by Gasteiger charge is -2.25. The Morgan fingerprint density at radius 3 is 2.86 bits per heavy atom. The molecule has 3 heteroatoms. The number of β-amino-alcohol motifs (C(OH)–C–C–N with tert-alkyl or cyclic N) is 1. The van der Waals surface area contributed by atoms with Crippen LogP contribution >= 0.6 is 0 Å². The number of terminal acetylenes is 1. The number of aliphatic hydroxyl groups is 1. The highest BCUT2D eigenvalue weighted by molar-refractivity contribution is 4.91. The summed E-state index contributed by atoms with van der Waals surface area (Å²) in [5, 5.41) is 9.57. The molecule has 1 heterocycles. The Morgan fingerprint density at radius 2 is 2.29 bits per heavy atom. The molecule has 1 saturated heterocycles. The predicted molar refractivity (Wildman–Crippen MR) is 58.0 cm³/mol. The van der Waals surface area contributed by atoms with Gasteiger partial charge in [-0.1, -0.05) is 0 Å². The number of rotatable bonds is 4. The van der Waals surface area contributed by atoms with Crippen LogP contribution < -0.4 is 0 Å². The van der Waals surface area contributed by atoms with Crippen LogP contribution in [0.25, 0.3) is 0 Å². The molecule has 0 amide bonds. The van der Waals surface area contributed by atoms with E-state index in [9.17, 15) is 5.11 Å². The molecule has 1 fully saturated rings. The highest BCUT2D eigenvalue weighted by Gasteiger charge is 2.30. The first kappa shape index (κ1) is 11.5. The van der Waals surface area contributed by atoms with Gasteiger partial charge in [-0.2, -0.15) is 0 Å². The molecular weight excluding hydrogens is 176 g/mol. The van der Waals surface area contributed by atoms with Crippen LogP contribution in [-0.2, 0) is 0 Å². The molecule has 0 aromatic carbocycles. The fourth-order valence-corrected chi connectivity index (χ4v) is 2.05. The summed E-state index contributed by atoms with van der Waals surface area (Å²) in [5.41, 5.74) is 0. The van der Waals surface area contributed by atoms with E-state index in [2.05, 4.69) is 29.8 Å². The second-order valence-corrected chi connectivity index (χ2v) is 4.25. The smallest absolute Gasteiger partial charge is 0.0682 e. The molecule has 0 saturated carbocycles. The van der Waals surface area contributed by atoms with E-state index in [-0.39, 0.29) is 6.10 Å². The zero-order chi connectivity index (χ0) is 10.6. The highest BCUT2D eigenvalue weighted by Crippen LogP contribution is 2.18. The van der Waals surface area contributed by atoms with E-state index < -0.39 is 0 Å². The van der Waals surface area contributed by atoms with Gasteiger partial charge in [0.05, 0.1) is 6.10 Å². The molecule has 1 aliphatic rings. The third-order valence-corrected chi connectivity index (χ3v) is 2.63. The Kier molecular flexibility index (Phi) is 4.40. The summed E-state index contributed by atoms with van der Waals surface area (Å²) in [6.45, 7) is 2.69. The maximum Gasteiger partial charge on any atom is 0.0682 e. The van der Waals surface area contributed by atoms with Crippen molar-refractivity contribution in [2.75, 3.05) is 33.7 Å². The van der Waals surface area contributed by atoms with Crippen molar-refractivity contribution < 1.29 is 5.11 Å². The predicted octanol–water partition coefficient (Wildman–Crippen LogP) is 0.00650. The van der Waals surface area contributed by atoms with Gasteiger partial charge in [0.15, 0.2) is 0 Å². The number of aliphatic hydroxyl groups excluding tert-OH is 1. The summed E-state index contributed by atoms with van der Waals surface area (Å²) < 4.78 is 0. The van der Waals surface area contributed by atoms with Crippen molar-refractivity contribution in [2.24, 2.45) is 0 Å². The monoisotopic (exact) mass is 196 g/mol. The zero-order valence-electron chi connectivity index (χ0n) is 9.11. The lowest BCUT2D eigenvalue weighted by molar-refractivity contribution is 0.174. The van der Waals surface area contributed by atoms with Gasteiger partial charge in [-0.3, -0.25) is 4.90 Å². The van der Waals surface area contributed by atoms with E-state index in [1.54, 1.807) is 0 Å². The van der Waals surface area contributed by atoms with Crippen molar-refractivity contribution in [1.82, 2.24) is 9.80 Å². The van der Waals surface area contributed by atoms with Crippen molar-refractivity contribution in [3.63, 3.8) is 0 Å². The molecule has 14 heavy (non-hydrogen) atoms. The number of likely N-dealkylation sites (tertiary alicyclic amines) is 1. The first-order valence-electron chi connectivity index (χ1n) is 5.13. The molecule has 0 radical (unpaired) electrons. The van der Waals surface area contributed by atoms with E-state index in [0.29, 0.717) is 6.04 Å². The molecule has 0 bridgehead atoms. The Balaban J connectivity index is 2.41. The van der Waals surface area contributed by atoms with Gasteiger partial charge in [0, 0.05) is 32.1 Å². The van der Waals surface area contributed by atoms with E-state index in [1.165, 1.54) is 0 Å². The first-order valence-corrected chi connectivity index (χ1v) is 5.13. The van der Waals surface area contributed by atoms with E-state index in [4.69, 9.17) is 6.42 Å². The van der Waals surface area contributed by atoms with Crippen molar-refractivity contribution in [1.29, 1.82) is 0 Å². The summed E-state index contributed by atoms with van der Waals surface area (Å²) in [5.74, 6) is 2.65. The Hall–Kier alpha value is -0.560. The minimum Gasteiger partial charge on any atom is -0.392 e. The molecule has 0 aliphatic carbocycles. The maximum absolute atomic E-state index is 9.57. The lowest BCUT2D eigenvalue weighted by Crippen LogP contribution is -2.37. The van der Waals surface area contributed by atoms with Gasteiger partial charge >= 0.3 is 0 Å². The summed E-state index contributed by atoms with van der Waals surface area (Å²) in [6.07, 6.45) is 6.72. The largest absolute Gasteiger partial charge is 0.392 e. The van der Waals surface area contributed by atoms with Crippen LogP contribution in [0.15, 0.2) is 0 Å². The fourth-order valence-electron chi connectivity index (χ4n) is 2.05. The quantitative estimate of drug-likeness (QED) is 0.642. The zero-order valence-corrected chi connectivity index (χ0v) is 9.11. The van der Waals surface area contributed by atoms with E-state index in [0.717, 1.165) is 32.5 Å². The second-order valence-electron chi connectivity index (χ2n) is 4.25. The molecule has 0 spiro atoms. The SMILES string of the molecule is C#CCCN1CC(O)CC1CN(C)C. The summed E-state index contributed by atoms with van der Waals surface area (Å²) in [6, 6.07) is 0.466. The minimum absolute atomic E-state index is 0.169. The Morgan fingerprint density at radius 1 is 1.57 bits per heavy atom. The number of likely N-dealkylation sites (N-methyl/N-ethyl adjacent to an activating group) is 1. The summed E-state index contributed by atoms with van der Waals surface area (Å²) in [4.78, 5) is 4.45. The second kappa shape index (κ2) is 5.35. The molecule has 80 valence electrons. The van der Waals surface area contributed by atoms with Crippen molar-refractivity contribution in [2.45, 2.75) is 25.0 Å². The van der Waals surface area contributed by atoms with Crippen molar-refractivity contribution in [3.05, 3.63) is 0 Å². The molecule has 0 aromatic heterocycles. The van der Waals surface area contributed by atoms with E-state index >= 15 is 0 Å². The van der Waals surface area contributed by atoms with Gasteiger partial charge in [-0.05, 0) is 20.5 Å². The van der Waals surface area contributed by atoms with Crippen LogP contribution in [0, 0.1) is 12.3 Å². The standard InChI is InChI=1S/C11H20N2O/c1-4-5-6-13-9-11(14)7-10(13)8-12(2)3/h1,10-11,14H,5-9H2,2-3H3. The summed E-state index contributed by atoms with van der Waals surface area (Å²) >= 11 is 0. The lowest BCUT2D eigenvalue weighted by atomic mass is 10.2. The van der Waals surface area contributed by atoms with Crippen LogP contribution in [0.5, 0.6) is 0 Å². The highest BCUT2D eigenvalue weighted by atomic mass is 16.3. The average Bonchev–Trinajstić information content (AvgIpc) is 2.41. The normalized spacial score (nSPS) is 28.2. The molecule has 0 aromatic rings. The molecule has 2 atom stereocenters. The van der Waals surface area contributed by atoms with Gasteiger partial charge in [0.25, 0.3) is 0 Å². The fraction of sp³-hybridized carbons (Fsp3) is 0.818. The third kappa shape index (κ3) is 3.30. The van der Waals surface area contributed by atoms with Crippen LogP contribution in [-0.4, -0.2) is 60.8 Å². The molecule has 3 nitrogen and oxygen atoms in total. The third-order valence-electron chi connectivity index (χ3n) is 2.63. The molecule has 1 N–H and O–H groups in total. The van der Waals surface area contributed by atoms with Gasteiger partial charge in [0.2, 0.25) is 0 Å². The van der Waals surface area contributed by atoms with Crippen LogP contribution in [0.2, 0.25) is 0 Å². The van der Waals surface area contributed by atoms with Crippen molar-refractivity contribution in [3.8, 4) is 12.3 Å². The molecule has 1 rings (SSSR count). The molecular formula is C11H20N2O. The Labute approximate surface area is 86.7 Å². The summed E-state index contributed by atoms with van der Waals surface area (Å²) in [7, 11) is 4.12.